The summed E-state index contributed by atoms with van der Waals surface area (Å²) in [5.74, 6) is 0. The highest BCUT2D eigenvalue weighted by molar-refractivity contribution is 7.00. The molecule has 0 spiro atoms. The van der Waals surface area contributed by atoms with Crippen molar-refractivity contribution in [3.8, 4) is 11.1 Å². The van der Waals surface area contributed by atoms with E-state index in [1.54, 1.807) is 0 Å². The second-order valence-electron chi connectivity index (χ2n) is 25.2. The van der Waals surface area contributed by atoms with E-state index in [-0.39, 0.29) is 39.3 Å². The summed E-state index contributed by atoms with van der Waals surface area (Å²) in [5.41, 5.74) is 23.2. The van der Waals surface area contributed by atoms with Crippen LogP contribution in [0.1, 0.15) is 138 Å². The highest BCUT2D eigenvalue weighted by Gasteiger charge is 2.63. The zero-order chi connectivity index (χ0) is 48.1. The van der Waals surface area contributed by atoms with E-state index in [4.69, 9.17) is 0 Å². The van der Waals surface area contributed by atoms with Gasteiger partial charge in [0.1, 0.15) is 0 Å². The van der Waals surface area contributed by atoms with Crippen LogP contribution in [0.2, 0.25) is 0 Å². The maximum atomic E-state index is 2.75. The predicted molar refractivity (Wildman–Crippen MR) is 294 cm³/mol. The van der Waals surface area contributed by atoms with Gasteiger partial charge >= 0.3 is 0 Å². The van der Waals surface area contributed by atoms with Gasteiger partial charge in [-0.05, 0) is 146 Å². The third-order valence-electron chi connectivity index (χ3n) is 16.8. The molecule has 344 valence electrons. The summed E-state index contributed by atoms with van der Waals surface area (Å²) < 4.78 is 0. The minimum absolute atomic E-state index is 0.00107. The molecule has 3 heterocycles. The van der Waals surface area contributed by atoms with Crippen molar-refractivity contribution in [3.63, 3.8) is 0 Å². The molecule has 0 radical (unpaired) electrons. The molecule has 4 heteroatoms. The van der Waals surface area contributed by atoms with Crippen LogP contribution in [0.5, 0.6) is 0 Å². The van der Waals surface area contributed by atoms with Crippen LogP contribution < -0.4 is 31.1 Å². The van der Waals surface area contributed by atoms with Crippen LogP contribution in [0.25, 0.3) is 11.1 Å². The van der Waals surface area contributed by atoms with E-state index in [1.165, 1.54) is 107 Å². The SMILES string of the molecule is CC(C)(C)c1ccc(N2c3ccc(C(C)(C)C)cc3B3c4ccc(C(C)(C)C)cc4N(c4ccc(C(C)(C)C)cc4-c4ccccc4)c4cc(N5c6ccccc6C6(C)CCC56C)cc2c43)cc1. The number of anilines is 8. The Bertz CT molecular complexity index is 3150. The molecule has 4 aliphatic rings. The molecular weight excluding hydrogens is 822 g/mol. The monoisotopic (exact) mass is 892 g/mol. The molecule has 0 aromatic heterocycles. The fraction of sp³-hybridized carbons (Fsp3) is 0.344. The first-order valence-electron chi connectivity index (χ1n) is 25.3. The van der Waals surface area contributed by atoms with Crippen molar-refractivity contribution in [1.82, 2.24) is 0 Å². The molecule has 1 fully saturated rings. The lowest BCUT2D eigenvalue weighted by atomic mass is 9.33. The zero-order valence-corrected chi connectivity index (χ0v) is 43.2. The molecule has 0 saturated heterocycles. The lowest BCUT2D eigenvalue weighted by molar-refractivity contribution is 0.133. The number of fused-ring (bicyclic) bond motifs is 7. The topological polar surface area (TPSA) is 9.72 Å². The van der Waals surface area contributed by atoms with Crippen molar-refractivity contribution in [1.29, 1.82) is 0 Å². The van der Waals surface area contributed by atoms with E-state index < -0.39 is 0 Å². The van der Waals surface area contributed by atoms with Crippen LogP contribution in [0.4, 0.5) is 45.5 Å². The van der Waals surface area contributed by atoms with Gasteiger partial charge in [0, 0.05) is 50.8 Å². The van der Waals surface area contributed by atoms with Gasteiger partial charge in [0.25, 0.3) is 6.71 Å². The Morgan fingerprint density at radius 3 is 1.57 bits per heavy atom. The van der Waals surface area contributed by atoms with Crippen LogP contribution in [-0.2, 0) is 27.1 Å². The lowest BCUT2D eigenvalue weighted by Gasteiger charge is -2.56. The van der Waals surface area contributed by atoms with E-state index in [0.29, 0.717) is 0 Å². The van der Waals surface area contributed by atoms with Crippen molar-refractivity contribution < 1.29 is 0 Å². The molecule has 3 nitrogen and oxygen atoms in total. The van der Waals surface area contributed by atoms with Crippen LogP contribution in [0.15, 0.2) is 146 Å². The van der Waals surface area contributed by atoms with Crippen molar-refractivity contribution >= 4 is 68.6 Å². The Morgan fingerprint density at radius 1 is 0.412 bits per heavy atom. The van der Waals surface area contributed by atoms with Gasteiger partial charge in [-0.3, -0.25) is 0 Å². The largest absolute Gasteiger partial charge is 0.334 e. The Labute approximate surface area is 408 Å². The van der Waals surface area contributed by atoms with Gasteiger partial charge in [-0.15, -0.1) is 0 Å². The smallest absolute Gasteiger partial charge is 0.252 e. The molecule has 0 N–H and O–H groups in total. The number of hydrogen-bond donors (Lipinski definition) is 0. The molecule has 2 atom stereocenters. The van der Waals surface area contributed by atoms with E-state index in [1.807, 2.05) is 0 Å². The molecule has 1 saturated carbocycles. The maximum Gasteiger partial charge on any atom is 0.252 e. The third-order valence-corrected chi connectivity index (χ3v) is 16.8. The fourth-order valence-corrected chi connectivity index (χ4v) is 12.2. The zero-order valence-electron chi connectivity index (χ0n) is 43.2. The van der Waals surface area contributed by atoms with Crippen molar-refractivity contribution in [2.75, 3.05) is 14.7 Å². The van der Waals surface area contributed by atoms with Gasteiger partial charge in [0.05, 0.1) is 11.2 Å². The highest BCUT2D eigenvalue weighted by Crippen LogP contribution is 2.65. The predicted octanol–water partition coefficient (Wildman–Crippen LogP) is 15.6. The maximum absolute atomic E-state index is 2.75. The van der Waals surface area contributed by atoms with Gasteiger partial charge in [-0.25, -0.2) is 0 Å². The molecule has 11 rings (SSSR count). The quantitative estimate of drug-likeness (QED) is 0.163. The molecule has 7 aromatic carbocycles. The molecular formula is C64H70BN3. The lowest BCUT2D eigenvalue weighted by Crippen LogP contribution is -2.62. The number of nitrogens with zero attached hydrogens (tertiary/aromatic N) is 3. The van der Waals surface area contributed by atoms with E-state index >= 15 is 0 Å². The first kappa shape index (κ1) is 44.5. The molecule has 1 aliphatic carbocycles. The Balaban J connectivity index is 1.30. The summed E-state index contributed by atoms with van der Waals surface area (Å²) in [6.45, 7) is 33.1. The van der Waals surface area contributed by atoms with E-state index in [2.05, 4.69) is 257 Å². The average Bonchev–Trinajstić information content (AvgIpc) is 3.42. The van der Waals surface area contributed by atoms with E-state index in [0.717, 1.165) is 6.42 Å². The molecule has 7 aromatic rings. The summed E-state index contributed by atoms with van der Waals surface area (Å²) in [5, 5.41) is 0. The highest BCUT2D eigenvalue weighted by atomic mass is 15.3. The first-order chi connectivity index (χ1) is 32.0. The average molecular weight is 892 g/mol. The molecule has 2 unspecified atom stereocenters. The van der Waals surface area contributed by atoms with Crippen LogP contribution in [-0.4, -0.2) is 12.3 Å². The minimum atomic E-state index is -0.0786. The second kappa shape index (κ2) is 14.8. The normalized spacial score (nSPS) is 19.5. The van der Waals surface area contributed by atoms with Crippen LogP contribution in [0.3, 0.4) is 0 Å². The Hall–Kier alpha value is -6.00. The molecule has 0 amide bonds. The number of benzene rings is 7. The standard InChI is InChI=1S/C64H70BN3/c1-59(2,3)42-24-29-46(30-25-42)66-54-33-28-44(61(7,8)9)37-51(54)65-50-31-26-45(62(10,11)12)38-55(50)67(52-32-27-43(60(4,5)6)36-48(52)41-20-16-15-17-21-41)57-40-47(39-56(66)58(57)65)68-53-23-19-18-22-49(53)63(13)34-35-64(63,68)14/h15-33,36-40H,34-35H2,1-14H3. The number of para-hydroxylation sites is 1. The summed E-state index contributed by atoms with van der Waals surface area (Å²) in [6.07, 6.45) is 2.32. The van der Waals surface area contributed by atoms with Gasteiger partial charge < -0.3 is 14.7 Å². The number of rotatable bonds is 4. The Morgan fingerprint density at radius 2 is 0.956 bits per heavy atom. The summed E-state index contributed by atoms with van der Waals surface area (Å²) >= 11 is 0. The molecule has 0 bridgehead atoms. The second-order valence-corrected chi connectivity index (χ2v) is 25.2. The summed E-state index contributed by atoms with van der Waals surface area (Å²) in [6, 6.07) is 57.1. The first-order valence-corrected chi connectivity index (χ1v) is 25.3. The molecule has 3 aliphatic heterocycles. The molecule has 68 heavy (non-hydrogen) atoms. The third kappa shape index (κ3) is 6.59. The summed E-state index contributed by atoms with van der Waals surface area (Å²) in [7, 11) is 0. The van der Waals surface area contributed by atoms with Gasteiger partial charge in [0.15, 0.2) is 0 Å². The fourth-order valence-electron chi connectivity index (χ4n) is 12.2. The van der Waals surface area contributed by atoms with Crippen molar-refractivity contribution in [3.05, 3.63) is 173 Å². The van der Waals surface area contributed by atoms with Gasteiger partial charge in [-0.2, -0.15) is 0 Å². The summed E-state index contributed by atoms with van der Waals surface area (Å²) in [4.78, 5) is 8.05. The van der Waals surface area contributed by atoms with Crippen LogP contribution in [0, 0.1) is 0 Å². The minimum Gasteiger partial charge on any atom is -0.334 e. The van der Waals surface area contributed by atoms with Crippen molar-refractivity contribution in [2.24, 2.45) is 0 Å². The van der Waals surface area contributed by atoms with Gasteiger partial charge in [-0.1, -0.05) is 181 Å². The Kier molecular flexibility index (Phi) is 9.66. The van der Waals surface area contributed by atoms with Crippen molar-refractivity contribution in [2.45, 2.75) is 142 Å². The van der Waals surface area contributed by atoms with E-state index in [9.17, 15) is 0 Å². The number of hydrogen-bond acceptors (Lipinski definition) is 3. The van der Waals surface area contributed by atoms with Gasteiger partial charge in [0.2, 0.25) is 0 Å². The van der Waals surface area contributed by atoms with Crippen LogP contribution >= 0.6 is 0 Å².